The van der Waals surface area contributed by atoms with E-state index in [1.54, 1.807) is 6.08 Å². The lowest BCUT2D eigenvalue weighted by atomic mass is 10.1. The Morgan fingerprint density at radius 3 is 1.28 bits per heavy atom. The summed E-state index contributed by atoms with van der Waals surface area (Å²) in [5.74, 6) is -0.646. The van der Waals surface area contributed by atoms with Crippen LogP contribution in [-0.4, -0.2) is 69.4 Å². The van der Waals surface area contributed by atoms with Gasteiger partial charge in [0.05, 0.1) is 33.8 Å². The highest BCUT2D eigenvalue weighted by atomic mass is 31.2. The second-order valence-corrected chi connectivity index (χ2v) is 22.9. The number of carbonyl (C=O) groups excluding carboxylic acids is 2. The fourth-order valence-electron chi connectivity index (χ4n) is 8.05. The zero-order valence-electron chi connectivity index (χ0n) is 50.6. The van der Waals surface area contributed by atoms with E-state index in [1.165, 1.54) is 77.0 Å². The number of unbranched alkanes of at least 4 members (excludes halogenated alkanes) is 18. The van der Waals surface area contributed by atoms with Crippen LogP contribution in [0.3, 0.4) is 0 Å². The third kappa shape index (κ3) is 56.9. The predicted octanol–water partition coefficient (Wildman–Crippen LogP) is 18.6. The Balaban J connectivity index is 5.39. The number of esters is 1. The van der Waals surface area contributed by atoms with Crippen LogP contribution in [0.15, 0.2) is 134 Å². The molecule has 9 nitrogen and oxygen atoms in total. The molecule has 0 heterocycles. The maximum Gasteiger partial charge on any atom is 0.306 e. The first-order valence-electron chi connectivity index (χ1n) is 31.0. The molecule has 0 aromatic heterocycles. The van der Waals surface area contributed by atoms with Crippen LogP contribution < -0.4 is 10.2 Å². The number of quaternary nitrogens is 1. The Hall–Kier alpha value is -3.85. The zero-order valence-corrected chi connectivity index (χ0v) is 51.5. The molecule has 0 aromatic carbocycles. The predicted molar refractivity (Wildman–Crippen MR) is 334 cm³/mol. The van der Waals surface area contributed by atoms with Crippen LogP contribution in [0, 0.1) is 0 Å². The van der Waals surface area contributed by atoms with Gasteiger partial charge in [-0.05, 0) is 122 Å². The standard InChI is InChI=1S/C68H115N2O7P/c1-7-10-13-16-19-22-25-28-30-32-33-34-35-36-37-39-40-42-45-48-51-54-57-60-67(71)69-65(64-76-78(73,74)75-63-62-70(4,5)6)66(59-56-53-50-47-44-27-24-21-18-15-12-9-3)77-68(72)61-58-55-52-49-46-43-41-38-31-29-26-23-20-17-14-11-8-2/h10,13,19-20,22-23,28-31,33-34,36-37,40-43,49,52,56,59,65-66H,7-9,11-12,14-18,21,24-27,32,35,38-39,44-48,50-51,53-55,57-58,60-64H2,1-6H3,(H-,69,71,73,74)/b13-10-,22-19-,23-20-,30-28-,31-29-,34-33-,37-36-,42-40-,43-41-,52-49-,59-56-. The number of carbonyl (C=O) groups is 2. The van der Waals surface area contributed by atoms with E-state index in [0.29, 0.717) is 23.9 Å². The minimum atomic E-state index is -4.73. The van der Waals surface area contributed by atoms with Crippen molar-refractivity contribution in [1.82, 2.24) is 5.32 Å². The van der Waals surface area contributed by atoms with Gasteiger partial charge in [0.15, 0.2) is 0 Å². The van der Waals surface area contributed by atoms with Gasteiger partial charge < -0.3 is 28.5 Å². The number of phosphoric acid groups is 1. The number of nitrogens with one attached hydrogen (secondary N) is 1. The third-order valence-electron chi connectivity index (χ3n) is 12.8. The van der Waals surface area contributed by atoms with E-state index in [2.05, 4.69) is 148 Å². The highest BCUT2D eigenvalue weighted by Gasteiger charge is 2.27. The summed E-state index contributed by atoms with van der Waals surface area (Å²) < 4.78 is 30.2. The molecule has 0 aliphatic heterocycles. The zero-order chi connectivity index (χ0) is 57.2. The summed E-state index contributed by atoms with van der Waals surface area (Å²) in [5, 5.41) is 3.00. The Morgan fingerprint density at radius 1 is 0.462 bits per heavy atom. The number of likely N-dealkylation sites (N-methyl/N-ethyl adjacent to an activating group) is 1. The van der Waals surface area contributed by atoms with Crippen molar-refractivity contribution in [2.75, 3.05) is 40.9 Å². The normalized spacial score (nSPS) is 14.6. The van der Waals surface area contributed by atoms with Crippen molar-refractivity contribution in [3.8, 4) is 0 Å². The van der Waals surface area contributed by atoms with Crippen molar-refractivity contribution >= 4 is 19.7 Å². The van der Waals surface area contributed by atoms with E-state index in [-0.39, 0.29) is 25.4 Å². The topological polar surface area (TPSA) is 114 Å². The van der Waals surface area contributed by atoms with Gasteiger partial charge in [-0.3, -0.25) is 14.2 Å². The fraction of sp³-hybridized carbons (Fsp3) is 0.647. The van der Waals surface area contributed by atoms with E-state index in [9.17, 15) is 19.0 Å². The molecule has 0 aromatic rings. The van der Waals surface area contributed by atoms with Crippen molar-refractivity contribution in [3.63, 3.8) is 0 Å². The highest BCUT2D eigenvalue weighted by molar-refractivity contribution is 7.45. The van der Waals surface area contributed by atoms with Crippen molar-refractivity contribution in [2.45, 2.75) is 245 Å². The number of nitrogens with zero attached hydrogens (tertiary/aromatic N) is 1. The second kappa shape index (κ2) is 56.4. The lowest BCUT2D eigenvalue weighted by Gasteiger charge is -2.30. The first-order valence-corrected chi connectivity index (χ1v) is 32.5. The molecular weight excluding hydrogens is 988 g/mol. The van der Waals surface area contributed by atoms with Crippen molar-refractivity contribution < 1.29 is 37.3 Å². The van der Waals surface area contributed by atoms with Gasteiger partial charge in [0, 0.05) is 12.8 Å². The number of ether oxygens (including phenoxy) is 1. The van der Waals surface area contributed by atoms with Crippen molar-refractivity contribution in [2.24, 2.45) is 0 Å². The Kier molecular flexibility index (Phi) is 53.6. The summed E-state index contributed by atoms with van der Waals surface area (Å²) in [4.78, 5) is 40.0. The Bertz CT molecular complexity index is 1800. The minimum absolute atomic E-state index is 0.0436. The molecule has 0 spiro atoms. The lowest BCUT2D eigenvalue weighted by Crippen LogP contribution is -2.47. The molecule has 1 amide bonds. The van der Waals surface area contributed by atoms with Crippen LogP contribution in [-0.2, 0) is 27.9 Å². The van der Waals surface area contributed by atoms with Gasteiger partial charge in [0.25, 0.3) is 7.82 Å². The number of hydrogen-bond donors (Lipinski definition) is 1. The fourth-order valence-corrected chi connectivity index (χ4v) is 8.77. The van der Waals surface area contributed by atoms with Crippen molar-refractivity contribution in [3.05, 3.63) is 134 Å². The molecule has 0 aliphatic rings. The molecule has 0 bridgehead atoms. The number of phosphoric ester groups is 1. The molecule has 0 rings (SSSR count). The summed E-state index contributed by atoms with van der Waals surface area (Å²) in [7, 11) is 1.12. The molecule has 0 radical (unpaired) electrons. The third-order valence-corrected chi connectivity index (χ3v) is 13.8. The van der Waals surface area contributed by atoms with Gasteiger partial charge in [0.1, 0.15) is 19.3 Å². The van der Waals surface area contributed by atoms with E-state index in [4.69, 9.17) is 13.8 Å². The SMILES string of the molecule is CC/C=C\C/C=C\C/C=C\C/C=C\C/C=C\C/C=C\CCCCCCC(=O)NC(COP(=O)([O-])OCC[N+](C)(C)C)C(/C=C\CCCCCCCCCCCC)OC(=O)CCC/C=C\C/C=C\C/C=C\C/C=C\CCCCC. The Morgan fingerprint density at radius 2 is 0.833 bits per heavy atom. The molecule has 10 heteroatoms. The molecule has 78 heavy (non-hydrogen) atoms. The second-order valence-electron chi connectivity index (χ2n) is 21.5. The van der Waals surface area contributed by atoms with Gasteiger partial charge in [-0.1, -0.05) is 232 Å². The monoisotopic (exact) mass is 1100 g/mol. The smallest absolute Gasteiger partial charge is 0.306 e. The van der Waals surface area contributed by atoms with E-state index < -0.39 is 32.5 Å². The van der Waals surface area contributed by atoms with Crippen LogP contribution in [0.1, 0.15) is 233 Å². The number of allylic oxidation sites excluding steroid dienone is 21. The maximum absolute atomic E-state index is 13.5. The van der Waals surface area contributed by atoms with E-state index >= 15 is 0 Å². The van der Waals surface area contributed by atoms with Gasteiger partial charge in [0.2, 0.25) is 5.91 Å². The maximum atomic E-state index is 13.5. The van der Waals surface area contributed by atoms with Gasteiger partial charge in [-0.25, -0.2) is 0 Å². The number of hydrogen-bond acceptors (Lipinski definition) is 7. The summed E-state index contributed by atoms with van der Waals surface area (Å²) in [6.07, 6.45) is 80.0. The van der Waals surface area contributed by atoms with Crippen molar-refractivity contribution in [1.29, 1.82) is 0 Å². The average Bonchev–Trinajstić information content (AvgIpc) is 3.40. The molecule has 0 saturated heterocycles. The molecular formula is C68H115N2O7P. The van der Waals surface area contributed by atoms with Crippen LogP contribution in [0.4, 0.5) is 0 Å². The Labute approximate surface area is 479 Å². The van der Waals surface area contributed by atoms with Gasteiger partial charge in [-0.15, -0.1) is 0 Å². The minimum Gasteiger partial charge on any atom is -0.756 e. The molecule has 444 valence electrons. The molecule has 0 fully saturated rings. The highest BCUT2D eigenvalue weighted by Crippen LogP contribution is 2.38. The first kappa shape index (κ1) is 74.2. The first-order chi connectivity index (χ1) is 37.9. The van der Waals surface area contributed by atoms with Gasteiger partial charge in [-0.2, -0.15) is 0 Å². The molecule has 3 atom stereocenters. The van der Waals surface area contributed by atoms with E-state index in [0.717, 1.165) is 109 Å². The molecule has 3 unspecified atom stereocenters. The summed E-state index contributed by atoms with van der Waals surface area (Å²) >= 11 is 0. The lowest BCUT2D eigenvalue weighted by molar-refractivity contribution is -0.870. The molecule has 0 saturated carbocycles. The van der Waals surface area contributed by atoms with E-state index in [1.807, 2.05) is 27.2 Å². The van der Waals surface area contributed by atoms with Crippen LogP contribution in [0.2, 0.25) is 0 Å². The largest absolute Gasteiger partial charge is 0.756 e. The van der Waals surface area contributed by atoms with Crippen LogP contribution in [0.25, 0.3) is 0 Å². The summed E-state index contributed by atoms with van der Waals surface area (Å²) in [5.41, 5.74) is 0. The molecule has 0 aliphatic carbocycles. The van der Waals surface area contributed by atoms with Gasteiger partial charge >= 0.3 is 5.97 Å². The number of amides is 1. The summed E-state index contributed by atoms with van der Waals surface area (Å²) in [6, 6.07) is -0.934. The molecule has 1 N–H and O–H groups in total. The quantitative estimate of drug-likeness (QED) is 0.0212. The average molecular weight is 1100 g/mol. The number of rotatable bonds is 54. The van der Waals surface area contributed by atoms with Crippen LogP contribution in [0.5, 0.6) is 0 Å². The summed E-state index contributed by atoms with van der Waals surface area (Å²) in [6.45, 7) is 6.62. The van der Waals surface area contributed by atoms with Crippen LogP contribution >= 0.6 is 7.82 Å².